The quantitative estimate of drug-likeness (QED) is 0.865. The molecule has 0 fully saturated rings. The summed E-state index contributed by atoms with van der Waals surface area (Å²) in [5, 5.41) is 3.73. The first kappa shape index (κ1) is 14.7. The van der Waals surface area contributed by atoms with Crippen molar-refractivity contribution in [1.29, 1.82) is 0 Å². The molecule has 20 heavy (non-hydrogen) atoms. The first-order valence-electron chi connectivity index (χ1n) is 6.07. The number of hydrogen-bond donors (Lipinski definition) is 1. The average molecular weight is 339 g/mol. The fourth-order valence-corrected chi connectivity index (χ4v) is 2.10. The Kier molecular flexibility index (Phi) is 4.86. The van der Waals surface area contributed by atoms with Gasteiger partial charge in [0.15, 0.2) is 5.82 Å². The van der Waals surface area contributed by atoms with Gasteiger partial charge in [0.1, 0.15) is 0 Å². The lowest BCUT2D eigenvalue weighted by molar-refractivity contribution is -0.119. The smallest absolute Gasteiger partial charge is 0.240 e. The van der Waals surface area contributed by atoms with Crippen LogP contribution in [0.3, 0.4) is 0 Å². The molecule has 0 aliphatic carbocycles. The number of hydrogen-bond acceptors (Lipinski definition) is 5. The summed E-state index contributed by atoms with van der Waals surface area (Å²) in [7, 11) is 0. The lowest BCUT2D eigenvalue weighted by Gasteiger charge is -2.18. The lowest BCUT2D eigenvalue weighted by atomic mass is 10.2. The molecule has 0 unspecified atom stereocenters. The van der Waals surface area contributed by atoms with Crippen molar-refractivity contribution < 1.29 is 9.32 Å². The second-order valence-corrected chi connectivity index (χ2v) is 5.39. The van der Waals surface area contributed by atoms with Crippen LogP contribution in [0.2, 0.25) is 0 Å². The highest BCUT2D eigenvalue weighted by atomic mass is 79.9. The molecule has 0 spiro atoms. The molecule has 0 radical (unpaired) electrons. The van der Waals surface area contributed by atoms with Gasteiger partial charge in [0, 0.05) is 11.0 Å². The summed E-state index contributed by atoms with van der Waals surface area (Å²) in [6.45, 7) is 2.86. The van der Waals surface area contributed by atoms with Crippen molar-refractivity contribution in [2.75, 3.05) is 6.54 Å². The van der Waals surface area contributed by atoms with Gasteiger partial charge < -0.3 is 10.3 Å². The largest absolute Gasteiger partial charge is 0.369 e. The molecular formula is C13H15BrN4O2. The molecule has 2 N–H and O–H groups in total. The summed E-state index contributed by atoms with van der Waals surface area (Å²) in [5.74, 6) is 0.655. The van der Waals surface area contributed by atoms with Crippen molar-refractivity contribution in [3.05, 3.63) is 46.0 Å². The summed E-state index contributed by atoms with van der Waals surface area (Å²) in [5.41, 5.74) is 6.35. The van der Waals surface area contributed by atoms with E-state index in [9.17, 15) is 4.79 Å². The van der Waals surface area contributed by atoms with Gasteiger partial charge in [0.2, 0.25) is 11.8 Å². The molecule has 0 saturated carbocycles. The second kappa shape index (κ2) is 6.62. The van der Waals surface area contributed by atoms with E-state index in [4.69, 9.17) is 10.3 Å². The van der Waals surface area contributed by atoms with Gasteiger partial charge in [-0.25, -0.2) is 0 Å². The number of nitrogens with two attached hydrogens (primary N) is 1. The van der Waals surface area contributed by atoms with Crippen LogP contribution in [0.5, 0.6) is 0 Å². The lowest BCUT2D eigenvalue weighted by Crippen LogP contribution is -2.33. The maximum atomic E-state index is 11.2. The summed E-state index contributed by atoms with van der Waals surface area (Å²) < 4.78 is 6.08. The number of aryl methyl sites for hydroxylation is 1. The Bertz CT molecular complexity index is 582. The maximum Gasteiger partial charge on any atom is 0.240 e. The van der Waals surface area contributed by atoms with E-state index < -0.39 is 5.91 Å². The van der Waals surface area contributed by atoms with E-state index in [1.54, 1.807) is 6.92 Å². The molecule has 2 aromatic rings. The molecular weight excluding hydrogens is 324 g/mol. The highest BCUT2D eigenvalue weighted by Crippen LogP contribution is 2.13. The van der Waals surface area contributed by atoms with Crippen molar-refractivity contribution in [3.63, 3.8) is 0 Å². The molecule has 1 aromatic heterocycles. The third kappa shape index (κ3) is 4.43. The van der Waals surface area contributed by atoms with Crippen LogP contribution in [-0.4, -0.2) is 27.5 Å². The monoisotopic (exact) mass is 338 g/mol. The SMILES string of the molecule is Cc1noc(CN(CC(N)=O)Cc2ccc(Br)cc2)n1. The van der Waals surface area contributed by atoms with Gasteiger partial charge >= 0.3 is 0 Å². The van der Waals surface area contributed by atoms with E-state index in [2.05, 4.69) is 26.1 Å². The van der Waals surface area contributed by atoms with E-state index in [-0.39, 0.29) is 6.54 Å². The van der Waals surface area contributed by atoms with E-state index in [0.29, 0.717) is 24.8 Å². The maximum absolute atomic E-state index is 11.2. The zero-order valence-corrected chi connectivity index (χ0v) is 12.6. The minimum absolute atomic E-state index is 0.136. The van der Waals surface area contributed by atoms with Crippen LogP contribution in [0.15, 0.2) is 33.3 Å². The Morgan fingerprint density at radius 1 is 1.35 bits per heavy atom. The number of benzene rings is 1. The van der Waals surface area contributed by atoms with Gasteiger partial charge in [-0.2, -0.15) is 4.98 Å². The number of primary amides is 1. The van der Waals surface area contributed by atoms with Crippen molar-refractivity contribution in [3.8, 4) is 0 Å². The normalized spacial score (nSPS) is 10.9. The Balaban J connectivity index is 2.06. The fraction of sp³-hybridized carbons (Fsp3) is 0.308. The highest BCUT2D eigenvalue weighted by molar-refractivity contribution is 9.10. The zero-order chi connectivity index (χ0) is 14.5. The third-order valence-corrected chi connectivity index (χ3v) is 3.16. The molecule has 0 saturated heterocycles. The number of rotatable bonds is 6. The van der Waals surface area contributed by atoms with Gasteiger partial charge in [-0.05, 0) is 24.6 Å². The van der Waals surface area contributed by atoms with Crippen molar-refractivity contribution in [2.45, 2.75) is 20.0 Å². The Morgan fingerprint density at radius 2 is 2.05 bits per heavy atom. The second-order valence-electron chi connectivity index (χ2n) is 4.47. The number of halogens is 1. The molecule has 0 bridgehead atoms. The van der Waals surface area contributed by atoms with Crippen LogP contribution in [-0.2, 0) is 17.9 Å². The van der Waals surface area contributed by atoms with Gasteiger partial charge in [-0.1, -0.05) is 33.2 Å². The van der Waals surface area contributed by atoms with Gasteiger partial charge in [0.05, 0.1) is 13.1 Å². The summed E-state index contributed by atoms with van der Waals surface area (Å²) in [6.07, 6.45) is 0. The van der Waals surface area contributed by atoms with Crippen LogP contribution in [0, 0.1) is 6.92 Å². The highest BCUT2D eigenvalue weighted by Gasteiger charge is 2.13. The molecule has 0 aliphatic rings. The number of amides is 1. The number of aromatic nitrogens is 2. The molecule has 2 rings (SSSR count). The minimum atomic E-state index is -0.390. The zero-order valence-electron chi connectivity index (χ0n) is 11.0. The predicted molar refractivity (Wildman–Crippen MR) is 76.5 cm³/mol. The van der Waals surface area contributed by atoms with Crippen molar-refractivity contribution in [1.82, 2.24) is 15.0 Å². The fourth-order valence-electron chi connectivity index (χ4n) is 1.83. The van der Waals surface area contributed by atoms with Crippen molar-refractivity contribution in [2.24, 2.45) is 5.73 Å². The Morgan fingerprint density at radius 3 is 2.60 bits per heavy atom. The average Bonchev–Trinajstić information content (AvgIpc) is 2.77. The van der Waals surface area contributed by atoms with Crippen molar-refractivity contribution >= 4 is 21.8 Å². The molecule has 1 aromatic carbocycles. The summed E-state index contributed by atoms with van der Waals surface area (Å²) in [6, 6.07) is 7.87. The van der Waals surface area contributed by atoms with Gasteiger partial charge in [0.25, 0.3) is 0 Å². The predicted octanol–water partition coefficient (Wildman–Crippen LogP) is 1.63. The number of carbonyl (C=O) groups excluding carboxylic acids is 1. The molecule has 106 valence electrons. The van der Waals surface area contributed by atoms with E-state index in [0.717, 1.165) is 10.0 Å². The third-order valence-electron chi connectivity index (χ3n) is 2.63. The van der Waals surface area contributed by atoms with Crippen LogP contribution in [0.25, 0.3) is 0 Å². The van der Waals surface area contributed by atoms with E-state index >= 15 is 0 Å². The first-order valence-corrected chi connectivity index (χ1v) is 6.86. The molecule has 1 amide bonds. The summed E-state index contributed by atoms with van der Waals surface area (Å²) in [4.78, 5) is 17.1. The standard InChI is InChI=1S/C13H15BrN4O2/c1-9-16-13(20-17-9)8-18(7-12(15)19)6-10-2-4-11(14)5-3-10/h2-5H,6-8H2,1H3,(H2,15,19). The van der Waals surface area contributed by atoms with E-state index in [1.165, 1.54) is 0 Å². The van der Waals surface area contributed by atoms with Crippen LogP contribution >= 0.6 is 15.9 Å². The molecule has 1 heterocycles. The number of carbonyl (C=O) groups is 1. The molecule has 0 aliphatic heterocycles. The van der Waals surface area contributed by atoms with Gasteiger partial charge in [-0.15, -0.1) is 0 Å². The molecule has 7 heteroatoms. The minimum Gasteiger partial charge on any atom is -0.369 e. The summed E-state index contributed by atoms with van der Waals surface area (Å²) >= 11 is 3.39. The molecule has 0 atom stereocenters. The molecule has 6 nitrogen and oxygen atoms in total. The van der Waals surface area contributed by atoms with Crippen LogP contribution in [0.1, 0.15) is 17.3 Å². The van der Waals surface area contributed by atoms with Crippen LogP contribution in [0.4, 0.5) is 0 Å². The topological polar surface area (TPSA) is 85.3 Å². The van der Waals surface area contributed by atoms with Crippen LogP contribution < -0.4 is 5.73 Å². The van der Waals surface area contributed by atoms with Gasteiger partial charge in [-0.3, -0.25) is 9.69 Å². The van der Waals surface area contributed by atoms with E-state index in [1.807, 2.05) is 29.2 Å². The number of nitrogens with zero attached hydrogens (tertiary/aromatic N) is 3. The Hall–Kier alpha value is -1.73. The first-order chi connectivity index (χ1) is 9.52. The Labute approximate surface area is 125 Å².